The lowest BCUT2D eigenvalue weighted by atomic mass is 9.99. The van der Waals surface area contributed by atoms with Crippen LogP contribution in [0.25, 0.3) is 45.0 Å². The maximum Gasteiger partial charge on any atom is 0.259 e. The van der Waals surface area contributed by atoms with Crippen LogP contribution in [-0.4, -0.2) is 102 Å². The molecule has 0 radical (unpaired) electrons. The zero-order valence-electron chi connectivity index (χ0n) is 64.6. The fourth-order valence-corrected chi connectivity index (χ4v) is 13.9. The molecular formula is C89H96N14O9. The number of amides is 6. The summed E-state index contributed by atoms with van der Waals surface area (Å²) < 4.78 is 16.6. The highest BCUT2D eigenvalue weighted by Crippen LogP contribution is 2.43. The lowest BCUT2D eigenvalue weighted by Crippen LogP contribution is -2.19. The van der Waals surface area contributed by atoms with Gasteiger partial charge in [0.15, 0.2) is 17.3 Å². The van der Waals surface area contributed by atoms with Gasteiger partial charge in [0.2, 0.25) is 35.4 Å². The predicted molar refractivity (Wildman–Crippen MR) is 451 cm³/mol. The van der Waals surface area contributed by atoms with E-state index in [0.717, 1.165) is 91.8 Å². The van der Waals surface area contributed by atoms with Crippen molar-refractivity contribution in [2.45, 2.75) is 130 Å². The van der Waals surface area contributed by atoms with Crippen LogP contribution in [0, 0.1) is 0 Å². The molecule has 0 saturated heterocycles. The zero-order chi connectivity index (χ0) is 79.1. The summed E-state index contributed by atoms with van der Waals surface area (Å²) in [6, 6.07) is 61.0. The van der Waals surface area contributed by atoms with Crippen LogP contribution in [0.3, 0.4) is 0 Å². The van der Waals surface area contributed by atoms with E-state index in [0.29, 0.717) is 65.8 Å². The summed E-state index contributed by atoms with van der Waals surface area (Å²) >= 11 is 0. The van der Waals surface area contributed by atoms with Crippen molar-refractivity contribution in [3.63, 3.8) is 0 Å². The quantitative estimate of drug-likeness (QED) is 0.0567. The molecule has 23 nitrogen and oxygen atoms in total. The van der Waals surface area contributed by atoms with Gasteiger partial charge < -0.3 is 78.0 Å². The maximum absolute atomic E-state index is 12.5. The van der Waals surface area contributed by atoms with Crippen molar-refractivity contribution in [2.75, 3.05) is 84.5 Å². The molecule has 10 aromatic rings. The summed E-state index contributed by atoms with van der Waals surface area (Å²) in [5.74, 6) is 1.68. The van der Waals surface area contributed by atoms with E-state index in [4.69, 9.17) is 19.9 Å². The third-order valence-electron chi connectivity index (χ3n) is 19.2. The molecule has 2 aromatic heterocycles. The van der Waals surface area contributed by atoms with Crippen molar-refractivity contribution in [3.05, 3.63) is 223 Å². The fraction of sp³-hybridized carbons (Fsp3) is 0.258. The number of fused-ring (bicyclic) bond motifs is 6. The first-order chi connectivity index (χ1) is 54.0. The number of nitrogens with zero attached hydrogens (tertiary/aromatic N) is 3. The van der Waals surface area contributed by atoms with Crippen molar-refractivity contribution in [2.24, 2.45) is 0 Å². The Morgan fingerprint density at radius 1 is 0.536 bits per heavy atom. The van der Waals surface area contributed by atoms with Crippen LogP contribution in [0.1, 0.15) is 115 Å². The number of carbonyl (C=O) groups is 6. The summed E-state index contributed by atoms with van der Waals surface area (Å²) in [5, 5.41) is 31.2. The molecule has 0 bridgehead atoms. The molecule has 12 N–H and O–H groups in total. The number of hydrogen-bond donors (Lipinski definition) is 11. The smallest absolute Gasteiger partial charge is 0.259 e. The Bertz CT molecular complexity index is 5130. The second-order valence-corrected chi connectivity index (χ2v) is 28.9. The summed E-state index contributed by atoms with van der Waals surface area (Å²) in [4.78, 5) is 82.5. The first kappa shape index (κ1) is 78.4. The topological polar surface area (TPSA) is 305 Å². The molecule has 5 atom stereocenters. The highest BCUT2D eigenvalue weighted by Gasteiger charge is 2.28. The van der Waals surface area contributed by atoms with E-state index in [9.17, 15) is 28.8 Å². The van der Waals surface area contributed by atoms with E-state index in [2.05, 4.69) is 131 Å². The Morgan fingerprint density at radius 3 is 1.55 bits per heavy atom. The van der Waals surface area contributed by atoms with Crippen LogP contribution in [0.15, 0.2) is 200 Å². The Labute approximate surface area is 653 Å². The molecule has 8 aromatic carbocycles. The molecule has 6 aliphatic rings. The molecule has 0 unspecified atom stereocenters. The number of carbonyl (C=O) groups excluding carboxylic acids is 6. The van der Waals surface area contributed by atoms with Gasteiger partial charge in [0, 0.05) is 127 Å². The van der Waals surface area contributed by atoms with Gasteiger partial charge in [-0.2, -0.15) is 0 Å². The highest BCUT2D eigenvalue weighted by atomic mass is 16.5. The van der Waals surface area contributed by atoms with Crippen molar-refractivity contribution >= 4 is 115 Å². The van der Waals surface area contributed by atoms with Crippen molar-refractivity contribution in [1.29, 1.82) is 0 Å². The van der Waals surface area contributed by atoms with Gasteiger partial charge in [-0.05, 0) is 163 Å². The normalized spacial score (nSPS) is 17.7. The molecule has 16 rings (SSSR count). The molecular weight excluding hydrogens is 1410 g/mol. The summed E-state index contributed by atoms with van der Waals surface area (Å²) in [7, 11) is 3.73. The monoisotopic (exact) mass is 1500 g/mol. The zero-order valence-corrected chi connectivity index (χ0v) is 64.6. The van der Waals surface area contributed by atoms with E-state index in [1.807, 2.05) is 169 Å². The number of hydrogen-bond acceptors (Lipinski definition) is 17. The average Bonchev–Trinajstić information content (AvgIpc) is 1.51. The van der Waals surface area contributed by atoms with Gasteiger partial charge in [-0.1, -0.05) is 109 Å². The van der Waals surface area contributed by atoms with Crippen molar-refractivity contribution < 1.29 is 43.0 Å². The fourth-order valence-electron chi connectivity index (χ4n) is 13.9. The summed E-state index contributed by atoms with van der Waals surface area (Å²) in [6.07, 6.45) is 8.57. The van der Waals surface area contributed by atoms with E-state index in [1.54, 1.807) is 44.6 Å². The van der Waals surface area contributed by atoms with Crippen LogP contribution >= 0.6 is 0 Å². The molecule has 0 fully saturated rings. The van der Waals surface area contributed by atoms with E-state index >= 15 is 0 Å². The van der Waals surface area contributed by atoms with Crippen molar-refractivity contribution in [1.82, 2.24) is 9.97 Å². The number of likely N-dealkylation sites (N-methyl/N-ethyl adjacent to an activating group) is 1. The number of para-hydroxylation sites is 6. The molecule has 8 heterocycles. The minimum absolute atomic E-state index is 0.00478. The van der Waals surface area contributed by atoms with E-state index < -0.39 is 0 Å². The van der Waals surface area contributed by atoms with Gasteiger partial charge in [-0.3, -0.25) is 28.8 Å². The summed E-state index contributed by atoms with van der Waals surface area (Å²) in [6.45, 7) is 16.9. The molecule has 6 amide bonds. The summed E-state index contributed by atoms with van der Waals surface area (Å²) in [5.41, 5.74) is 27.0. The van der Waals surface area contributed by atoms with Gasteiger partial charge >= 0.3 is 0 Å². The third kappa shape index (κ3) is 19.8. The molecule has 0 spiro atoms. The number of anilines is 12. The second-order valence-electron chi connectivity index (χ2n) is 28.9. The van der Waals surface area contributed by atoms with Gasteiger partial charge in [0.25, 0.3) is 5.91 Å². The lowest BCUT2D eigenvalue weighted by Gasteiger charge is -2.18. The highest BCUT2D eigenvalue weighted by molar-refractivity contribution is 6.09. The van der Waals surface area contributed by atoms with Gasteiger partial charge in [-0.25, -0.2) is 9.97 Å². The minimum Gasteiger partial charge on any atom is -0.487 e. The number of methoxy groups -OCH3 is 1. The van der Waals surface area contributed by atoms with Crippen LogP contribution < -0.4 is 78.0 Å². The number of nitrogen functional groups attached to an aromatic ring is 1. The van der Waals surface area contributed by atoms with Gasteiger partial charge in [-0.15, -0.1) is 0 Å². The van der Waals surface area contributed by atoms with Crippen LogP contribution in [0.2, 0.25) is 0 Å². The molecule has 576 valence electrons. The molecule has 6 aliphatic heterocycles. The van der Waals surface area contributed by atoms with Crippen LogP contribution in [-0.2, 0) is 30.4 Å². The van der Waals surface area contributed by atoms with Gasteiger partial charge in [0.1, 0.15) is 6.10 Å². The number of rotatable bonds is 10. The van der Waals surface area contributed by atoms with Crippen molar-refractivity contribution in [3.8, 4) is 50.8 Å². The predicted octanol–water partition coefficient (Wildman–Crippen LogP) is 17.1. The molecule has 0 saturated carbocycles. The first-order valence-electron chi connectivity index (χ1n) is 37.7. The number of nitrogens with two attached hydrogens (primary N) is 1. The third-order valence-corrected chi connectivity index (χ3v) is 19.2. The molecule has 0 aliphatic carbocycles. The number of pyridine rings is 2. The van der Waals surface area contributed by atoms with E-state index in [-0.39, 0.29) is 78.2 Å². The maximum atomic E-state index is 12.5. The minimum atomic E-state index is -0.285. The van der Waals surface area contributed by atoms with E-state index in [1.165, 1.54) is 28.0 Å². The molecule has 23 heteroatoms. The number of nitrogens with one attached hydrogen (secondary N) is 10. The standard InChI is InChI=1S/C19H21N3O.C19H20N2O.C18H22N4O2.C17H16N2O3.C16H17N3O2/c1-12-10-18(23)21-16-5-3-4-15(19(16)20-12)13-6-7-17-14(11-13)8-9-22(17)2;1-13(15-7-4-3-5-8-15)11-16-9-6-10-17-19(16)20-14(2)12-18(22)21-17;1-10(2)24-15-8-12(9-20-18(15)19)13-5-4-6-14-17(13)21-11(3)7-16(23)22-14;1-11-10-15(20)19-14-9-5-8-13(16(14)22-11)17(21)18-12-6-3-2-4-7-12;1-10-8-14(20)19-13-5-3-4-12(16(13)18-10)11-6-7-15(21-2)17-9-11/h3-7,11-12,20H,8-10H2,1-2H3,(H,21,23);3-11,14,20H,12H2,1-2H3,(H,21,22);4-6,8-11,21H,7H2,1-3H3,(H2,19,20)(H,22,23);2-9,11H,10H2,1H3,(H,18,21)(H,19,20);3-7,9-10,18H,8H2,1-2H3,(H,19,20)/b;13-11-;;;/t12-;14-;2*11-;10-/m11101/s1. The number of aromatic nitrogens is 2. The largest absolute Gasteiger partial charge is 0.487 e. The molecule has 112 heavy (non-hydrogen) atoms. The van der Waals surface area contributed by atoms with Gasteiger partial charge in [0.05, 0.1) is 76.4 Å². The second kappa shape index (κ2) is 35.9. The Balaban J connectivity index is 0.000000130. The number of benzene rings is 8. The van der Waals surface area contributed by atoms with Crippen LogP contribution in [0.5, 0.6) is 17.4 Å². The van der Waals surface area contributed by atoms with Crippen LogP contribution in [0.4, 0.5) is 68.4 Å². The Hall–Kier alpha value is -13.2. The first-order valence-corrected chi connectivity index (χ1v) is 37.7. The Kier molecular flexibility index (Phi) is 25.1. The Morgan fingerprint density at radius 2 is 1.01 bits per heavy atom. The average molecular weight is 1510 g/mol. The lowest BCUT2D eigenvalue weighted by molar-refractivity contribution is -0.117. The number of allylic oxidation sites excluding steroid dienone is 1. The SMILES string of the molecule is C/C(=C/c1cccc2c1N[C@H](C)CC(=O)N2)c1ccccc1.CC(C)Oc1cc(-c2cccc3c2N[C@H](C)CC(=O)N3)cnc1N.COc1ccc(-c2cccc3c2N[C@H](C)CC(=O)N3)cn1.C[C@@H]1CC(=O)Nc2cccc(-c3ccc4c(c3)CCN4C)c2N1.C[C@H]1CC(=O)Nc2cccc(C(=O)Nc3ccccc3)c2O1. The number of ether oxygens (including phenoxy) is 3.